The van der Waals surface area contributed by atoms with E-state index in [1.54, 1.807) is 0 Å². The number of rotatable bonds is 3. The van der Waals surface area contributed by atoms with Gasteiger partial charge in [-0.2, -0.15) is 0 Å². The molecule has 0 saturated heterocycles. The predicted octanol–water partition coefficient (Wildman–Crippen LogP) is 2.46. The largest absolute Gasteiger partial charge is 0.398 e. The monoisotopic (exact) mass is 277 g/mol. The highest BCUT2D eigenvalue weighted by Crippen LogP contribution is 2.23. The number of ketones is 1. The van der Waals surface area contributed by atoms with Gasteiger partial charge in [0.1, 0.15) is 5.15 Å². The molecule has 0 unspecified atom stereocenters. The maximum atomic E-state index is 12.2. The molecule has 0 fully saturated rings. The number of non-ortho nitro benzene ring substituents is 1. The van der Waals surface area contributed by atoms with Gasteiger partial charge in [0.15, 0.2) is 5.78 Å². The van der Waals surface area contributed by atoms with E-state index in [-0.39, 0.29) is 27.7 Å². The van der Waals surface area contributed by atoms with E-state index in [9.17, 15) is 14.9 Å². The normalized spacial score (nSPS) is 10.2. The number of halogens is 1. The topological polar surface area (TPSA) is 99.1 Å². The Balaban J connectivity index is 2.42. The summed E-state index contributed by atoms with van der Waals surface area (Å²) in [6.07, 6.45) is 1.39. The van der Waals surface area contributed by atoms with Gasteiger partial charge < -0.3 is 5.73 Å². The molecule has 2 rings (SSSR count). The Hall–Kier alpha value is -2.47. The molecule has 0 aliphatic heterocycles. The zero-order chi connectivity index (χ0) is 14.0. The van der Waals surface area contributed by atoms with Crippen LogP contribution in [0.3, 0.4) is 0 Å². The zero-order valence-electron chi connectivity index (χ0n) is 9.54. The summed E-state index contributed by atoms with van der Waals surface area (Å²) in [5.41, 5.74) is 6.15. The quantitative estimate of drug-likeness (QED) is 0.402. The Morgan fingerprint density at radius 1 is 1.26 bits per heavy atom. The van der Waals surface area contributed by atoms with Crippen LogP contribution in [-0.4, -0.2) is 15.7 Å². The molecule has 0 aliphatic carbocycles. The molecule has 0 amide bonds. The second kappa shape index (κ2) is 5.03. The first-order valence-electron chi connectivity index (χ1n) is 5.20. The molecule has 0 aliphatic rings. The number of benzene rings is 1. The van der Waals surface area contributed by atoms with Crippen molar-refractivity contribution in [1.82, 2.24) is 4.98 Å². The molecule has 96 valence electrons. The van der Waals surface area contributed by atoms with Crippen LogP contribution in [0, 0.1) is 10.1 Å². The lowest BCUT2D eigenvalue weighted by atomic mass is 10.0. The Kier molecular flexibility index (Phi) is 3.43. The smallest absolute Gasteiger partial charge is 0.269 e. The van der Waals surface area contributed by atoms with Gasteiger partial charge in [0.25, 0.3) is 5.69 Å². The molecule has 0 bridgehead atoms. The van der Waals surface area contributed by atoms with Crippen LogP contribution in [0.15, 0.2) is 36.5 Å². The van der Waals surface area contributed by atoms with Crippen molar-refractivity contribution in [3.8, 4) is 0 Å². The molecule has 0 saturated carbocycles. The molecule has 0 atom stereocenters. The lowest BCUT2D eigenvalue weighted by molar-refractivity contribution is -0.384. The van der Waals surface area contributed by atoms with Crippen molar-refractivity contribution in [3.63, 3.8) is 0 Å². The van der Waals surface area contributed by atoms with Crippen LogP contribution in [0.5, 0.6) is 0 Å². The van der Waals surface area contributed by atoms with E-state index >= 15 is 0 Å². The summed E-state index contributed by atoms with van der Waals surface area (Å²) >= 11 is 5.84. The van der Waals surface area contributed by atoms with Crippen molar-refractivity contribution in [2.75, 3.05) is 5.73 Å². The van der Waals surface area contributed by atoms with Crippen molar-refractivity contribution in [1.29, 1.82) is 0 Å². The van der Waals surface area contributed by atoms with Crippen LogP contribution in [0.2, 0.25) is 5.15 Å². The van der Waals surface area contributed by atoms with Gasteiger partial charge in [-0.05, 0) is 18.2 Å². The van der Waals surface area contributed by atoms with Gasteiger partial charge in [-0.1, -0.05) is 11.6 Å². The third-order valence-corrected chi connectivity index (χ3v) is 2.79. The van der Waals surface area contributed by atoms with Crippen molar-refractivity contribution in [2.45, 2.75) is 0 Å². The maximum absolute atomic E-state index is 12.2. The average Bonchev–Trinajstić information content (AvgIpc) is 2.38. The lowest BCUT2D eigenvalue weighted by Gasteiger charge is -2.05. The molecule has 1 aromatic heterocycles. The fourth-order valence-electron chi connectivity index (χ4n) is 1.55. The van der Waals surface area contributed by atoms with Crippen LogP contribution >= 0.6 is 11.6 Å². The maximum Gasteiger partial charge on any atom is 0.269 e. The molecular formula is C12H8ClN3O3. The van der Waals surface area contributed by atoms with Crippen LogP contribution in [-0.2, 0) is 0 Å². The summed E-state index contributed by atoms with van der Waals surface area (Å²) in [4.78, 5) is 26.0. The van der Waals surface area contributed by atoms with E-state index in [1.165, 1.54) is 36.5 Å². The van der Waals surface area contributed by atoms with Gasteiger partial charge >= 0.3 is 0 Å². The van der Waals surface area contributed by atoms with Crippen LogP contribution in [0.4, 0.5) is 11.4 Å². The number of nitro benzene ring substituents is 1. The second-order valence-corrected chi connectivity index (χ2v) is 4.06. The van der Waals surface area contributed by atoms with E-state index in [2.05, 4.69) is 4.98 Å². The lowest BCUT2D eigenvalue weighted by Crippen LogP contribution is -2.07. The van der Waals surface area contributed by atoms with E-state index in [0.717, 1.165) is 0 Å². The summed E-state index contributed by atoms with van der Waals surface area (Å²) in [6.45, 7) is 0. The molecule has 19 heavy (non-hydrogen) atoms. The number of hydrogen-bond donors (Lipinski definition) is 1. The van der Waals surface area contributed by atoms with Gasteiger partial charge in [0.2, 0.25) is 0 Å². The summed E-state index contributed by atoms with van der Waals surface area (Å²) < 4.78 is 0. The summed E-state index contributed by atoms with van der Waals surface area (Å²) in [5.74, 6) is -0.425. The van der Waals surface area contributed by atoms with Gasteiger partial charge in [-0.15, -0.1) is 0 Å². The number of nitrogens with two attached hydrogens (primary N) is 1. The molecule has 7 heteroatoms. The number of nitro groups is 1. The second-order valence-electron chi connectivity index (χ2n) is 3.70. The molecule has 1 heterocycles. The number of carbonyl (C=O) groups excluding carboxylic acids is 1. The van der Waals surface area contributed by atoms with Crippen LogP contribution in [0.1, 0.15) is 15.9 Å². The Morgan fingerprint density at radius 2 is 1.89 bits per heavy atom. The van der Waals surface area contributed by atoms with Gasteiger partial charge in [0.05, 0.1) is 10.5 Å². The molecule has 0 radical (unpaired) electrons. The van der Waals surface area contributed by atoms with Gasteiger partial charge in [0, 0.05) is 29.6 Å². The Labute approximate surface area is 113 Å². The number of anilines is 1. The summed E-state index contributed by atoms with van der Waals surface area (Å²) in [5, 5.41) is 10.5. The SMILES string of the molecule is Nc1ccnc(Cl)c1C(=O)c1ccc([N+](=O)[O-])cc1. The molecule has 0 spiro atoms. The minimum atomic E-state index is -0.542. The number of carbonyl (C=O) groups is 1. The average molecular weight is 278 g/mol. The highest BCUT2D eigenvalue weighted by atomic mass is 35.5. The number of nitrogen functional groups attached to an aromatic ring is 1. The number of hydrogen-bond acceptors (Lipinski definition) is 5. The number of aromatic nitrogens is 1. The van der Waals surface area contributed by atoms with Crippen molar-refractivity contribution < 1.29 is 9.72 Å². The van der Waals surface area contributed by atoms with Crippen LogP contribution < -0.4 is 5.73 Å². The van der Waals surface area contributed by atoms with Crippen LogP contribution in [0.25, 0.3) is 0 Å². The highest BCUT2D eigenvalue weighted by Gasteiger charge is 2.17. The zero-order valence-corrected chi connectivity index (χ0v) is 10.3. The van der Waals surface area contributed by atoms with E-state index in [1.807, 2.05) is 0 Å². The fraction of sp³-hybridized carbons (Fsp3) is 0. The third kappa shape index (κ3) is 2.53. The minimum absolute atomic E-state index is 0.00310. The molecule has 2 N–H and O–H groups in total. The van der Waals surface area contributed by atoms with E-state index in [4.69, 9.17) is 17.3 Å². The van der Waals surface area contributed by atoms with Crippen molar-refractivity contribution in [3.05, 3.63) is 62.9 Å². The third-order valence-electron chi connectivity index (χ3n) is 2.50. The summed E-state index contributed by atoms with van der Waals surface area (Å²) in [6, 6.07) is 6.65. The van der Waals surface area contributed by atoms with E-state index < -0.39 is 10.7 Å². The fourth-order valence-corrected chi connectivity index (χ4v) is 1.80. The molecule has 6 nitrogen and oxygen atoms in total. The number of nitrogens with zero attached hydrogens (tertiary/aromatic N) is 2. The Morgan fingerprint density at radius 3 is 2.42 bits per heavy atom. The molecular weight excluding hydrogens is 270 g/mol. The van der Waals surface area contributed by atoms with Crippen molar-refractivity contribution >= 4 is 28.8 Å². The Bertz CT molecular complexity index is 636. The standard InChI is InChI=1S/C12H8ClN3O3/c13-12-10(9(14)5-6-15-12)11(17)7-1-3-8(4-2-7)16(18)19/h1-6H,(H2,14,15). The first kappa shape index (κ1) is 13.0. The highest BCUT2D eigenvalue weighted by molar-refractivity contribution is 6.34. The predicted molar refractivity (Wildman–Crippen MR) is 70.2 cm³/mol. The summed E-state index contributed by atoms with van der Waals surface area (Å²) in [7, 11) is 0. The van der Waals surface area contributed by atoms with Gasteiger partial charge in [-0.25, -0.2) is 4.98 Å². The van der Waals surface area contributed by atoms with E-state index in [0.29, 0.717) is 0 Å². The van der Waals surface area contributed by atoms with Gasteiger partial charge in [-0.3, -0.25) is 14.9 Å². The van der Waals surface area contributed by atoms with Crippen molar-refractivity contribution in [2.24, 2.45) is 0 Å². The number of pyridine rings is 1. The molecule has 2 aromatic rings. The molecule has 1 aromatic carbocycles. The first-order valence-corrected chi connectivity index (χ1v) is 5.57. The minimum Gasteiger partial charge on any atom is -0.398 e. The first-order chi connectivity index (χ1) is 9.00.